The van der Waals surface area contributed by atoms with Crippen molar-refractivity contribution in [3.8, 4) is 0 Å². The van der Waals surface area contributed by atoms with Crippen LogP contribution < -0.4 is 33.4 Å². The second kappa shape index (κ2) is 15.2. The third-order valence-electron chi connectivity index (χ3n) is 6.14. The van der Waals surface area contributed by atoms with Gasteiger partial charge in [0.1, 0.15) is 6.04 Å². The third kappa shape index (κ3) is 10.5. The molecule has 1 amide bonds. The van der Waals surface area contributed by atoms with Crippen molar-refractivity contribution >= 4 is 40.6 Å². The molecule has 11 N–H and O–H groups in total. The third-order valence-corrected chi connectivity index (χ3v) is 6.14. The molecular weight excluding hydrogens is 717 g/mol. The van der Waals surface area contributed by atoms with Crippen LogP contribution in [0.2, 0.25) is 0 Å². The minimum Gasteiger partial charge on any atom is -0.481 e. The molecule has 2 heterocycles. The van der Waals surface area contributed by atoms with Crippen LogP contribution in [0.15, 0.2) is 35.3 Å². The molecule has 1 unspecified atom stereocenters. The SMILES string of the molecule is NC1(N)CCCCC1.Nc1nc2ncc(CNc3ccc(C(=O)NC(CCC(=O)O)C(=O)O)cc3)nc2c(=O)[nH]1.[Pt]. The Morgan fingerprint density at radius 3 is 2.27 bits per heavy atom. The largest absolute Gasteiger partial charge is 0.481 e. The molecule has 1 aliphatic carbocycles. The number of hydrogen-bond donors (Lipinski definition) is 8. The summed E-state index contributed by atoms with van der Waals surface area (Å²) in [5, 5.41) is 23.2. The average Bonchev–Trinajstić information content (AvgIpc) is 2.90. The summed E-state index contributed by atoms with van der Waals surface area (Å²) in [6.07, 6.45) is 6.60. The van der Waals surface area contributed by atoms with Gasteiger partial charge in [0.15, 0.2) is 11.2 Å². The molecule has 3 aromatic rings. The molecule has 0 saturated heterocycles. The predicted molar refractivity (Wildman–Crippen MR) is 146 cm³/mol. The zero-order chi connectivity index (χ0) is 29.3. The molecule has 0 radical (unpaired) electrons. The molecule has 1 aliphatic rings. The maximum atomic E-state index is 12.3. The van der Waals surface area contributed by atoms with Crippen molar-refractivity contribution in [2.75, 3.05) is 11.1 Å². The van der Waals surface area contributed by atoms with Crippen molar-refractivity contribution < 1.29 is 45.7 Å². The van der Waals surface area contributed by atoms with Gasteiger partial charge in [0, 0.05) is 38.7 Å². The number of nitrogens with two attached hydrogens (primary N) is 3. The Bertz CT molecular complexity index is 1410. The number of carbonyl (C=O) groups excluding carboxylic acids is 1. The summed E-state index contributed by atoms with van der Waals surface area (Å²) in [7, 11) is 0. The molecule has 0 spiro atoms. The van der Waals surface area contributed by atoms with E-state index >= 15 is 0 Å². The van der Waals surface area contributed by atoms with Crippen molar-refractivity contribution in [2.45, 2.75) is 63.2 Å². The van der Waals surface area contributed by atoms with Crippen LogP contribution in [0.25, 0.3) is 11.2 Å². The van der Waals surface area contributed by atoms with Gasteiger partial charge >= 0.3 is 11.9 Å². The zero-order valence-electron chi connectivity index (χ0n) is 22.0. The number of amides is 1. The van der Waals surface area contributed by atoms with E-state index in [0.717, 1.165) is 12.8 Å². The number of aromatic amines is 1. The molecule has 41 heavy (non-hydrogen) atoms. The van der Waals surface area contributed by atoms with Crippen LogP contribution in [-0.2, 0) is 37.2 Å². The zero-order valence-corrected chi connectivity index (χ0v) is 24.3. The molecule has 0 bridgehead atoms. The Hall–Kier alpha value is -3.94. The van der Waals surface area contributed by atoms with Crippen molar-refractivity contribution in [3.05, 3.63) is 52.1 Å². The van der Waals surface area contributed by atoms with Crippen molar-refractivity contribution in [1.82, 2.24) is 25.3 Å². The average molecular weight is 751 g/mol. The molecule has 1 saturated carbocycles. The minimum atomic E-state index is -1.31. The molecule has 4 rings (SSSR count). The van der Waals surface area contributed by atoms with Gasteiger partial charge in [-0.1, -0.05) is 19.3 Å². The normalized spacial score (nSPS) is 14.5. The van der Waals surface area contributed by atoms with Gasteiger partial charge in [-0.25, -0.2) is 14.8 Å². The maximum Gasteiger partial charge on any atom is 0.326 e. The molecule has 15 nitrogen and oxygen atoms in total. The number of H-pyrrole nitrogens is 1. The molecule has 2 aromatic heterocycles. The Balaban J connectivity index is 0.000000563. The number of benzene rings is 1. The van der Waals surface area contributed by atoms with E-state index in [1.54, 1.807) is 12.1 Å². The predicted octanol–water partition coefficient (Wildman–Crippen LogP) is 0.517. The number of nitrogens with zero attached hydrogens (tertiary/aromatic N) is 3. The van der Waals surface area contributed by atoms with Crippen LogP contribution in [0.3, 0.4) is 0 Å². The quantitative estimate of drug-likeness (QED) is 0.139. The van der Waals surface area contributed by atoms with Crippen LogP contribution in [0.5, 0.6) is 0 Å². The second-order valence-electron chi connectivity index (χ2n) is 9.51. The number of carboxylic acids is 2. The summed E-state index contributed by atoms with van der Waals surface area (Å²) in [6, 6.07) is 4.86. The van der Waals surface area contributed by atoms with E-state index in [9.17, 15) is 19.2 Å². The smallest absolute Gasteiger partial charge is 0.326 e. The van der Waals surface area contributed by atoms with Gasteiger partial charge in [0.25, 0.3) is 11.5 Å². The van der Waals surface area contributed by atoms with Crippen molar-refractivity contribution in [2.24, 2.45) is 11.5 Å². The van der Waals surface area contributed by atoms with Gasteiger partial charge in [0.05, 0.1) is 24.1 Å². The van der Waals surface area contributed by atoms with Crippen molar-refractivity contribution in [1.29, 1.82) is 0 Å². The number of aromatic nitrogens is 4. The Labute approximate surface area is 249 Å². The number of anilines is 2. The van der Waals surface area contributed by atoms with Gasteiger partial charge in [0.2, 0.25) is 5.95 Å². The molecule has 224 valence electrons. The van der Waals surface area contributed by atoms with E-state index in [1.807, 2.05) is 0 Å². The molecule has 1 fully saturated rings. The fraction of sp³-hybridized carbons (Fsp3) is 0.400. The van der Waals surface area contributed by atoms with Crippen LogP contribution in [0, 0.1) is 0 Å². The maximum absolute atomic E-state index is 12.3. The Kier molecular flexibility index (Phi) is 12.3. The first-order valence-electron chi connectivity index (χ1n) is 12.6. The topological polar surface area (TPSA) is 265 Å². The van der Waals surface area contributed by atoms with Gasteiger partial charge in [-0.2, -0.15) is 4.98 Å². The van der Waals surface area contributed by atoms with E-state index in [-0.39, 0.29) is 68.8 Å². The first-order chi connectivity index (χ1) is 18.9. The fourth-order valence-corrected chi connectivity index (χ4v) is 3.97. The molecule has 16 heteroatoms. The summed E-state index contributed by atoms with van der Waals surface area (Å²) >= 11 is 0. The molecule has 1 aromatic carbocycles. The summed E-state index contributed by atoms with van der Waals surface area (Å²) in [6.45, 7) is 0.231. The number of rotatable bonds is 9. The minimum absolute atomic E-state index is 0. The number of nitrogens with one attached hydrogen (secondary N) is 3. The van der Waals surface area contributed by atoms with Gasteiger partial charge in [-0.15, -0.1) is 0 Å². The number of hydrogen-bond acceptors (Lipinski definition) is 11. The van der Waals surface area contributed by atoms with E-state index < -0.39 is 29.4 Å². The molecule has 0 aliphatic heterocycles. The van der Waals surface area contributed by atoms with Crippen LogP contribution in [0.1, 0.15) is 61.0 Å². The van der Waals surface area contributed by atoms with E-state index in [1.165, 1.54) is 37.6 Å². The van der Waals surface area contributed by atoms with Crippen molar-refractivity contribution in [3.63, 3.8) is 0 Å². The van der Waals surface area contributed by atoms with Crippen LogP contribution in [-0.4, -0.2) is 59.7 Å². The Morgan fingerprint density at radius 2 is 1.71 bits per heavy atom. The van der Waals surface area contributed by atoms with Gasteiger partial charge in [-0.3, -0.25) is 19.4 Å². The summed E-state index contributed by atoms with van der Waals surface area (Å²) < 4.78 is 0. The number of nitrogen functional groups attached to an aromatic ring is 1. The number of carboxylic acid groups (broad SMARTS) is 2. The number of carbonyl (C=O) groups is 3. The second-order valence-corrected chi connectivity index (χ2v) is 9.51. The monoisotopic (exact) mass is 750 g/mol. The van der Waals surface area contributed by atoms with Crippen LogP contribution >= 0.6 is 0 Å². The standard InChI is InChI=1S/C19H19N7O6.C6H14N2.Pt/c20-19-25-15-14(17(30)26-19)23-11(8-22-15)7-21-10-3-1-9(2-4-10)16(29)24-12(18(31)32)5-6-13(27)28;7-6(8)4-2-1-3-5-6;/h1-4,8,12,21H,5-7H2,(H,24,29)(H,27,28)(H,31,32)(H3,20,22,25,26,30);1-5,7-8H2;. The fourth-order valence-electron chi connectivity index (χ4n) is 3.97. The van der Waals surface area contributed by atoms with Gasteiger partial charge in [-0.05, 0) is 43.5 Å². The van der Waals surface area contributed by atoms with E-state index in [0.29, 0.717) is 11.4 Å². The number of fused-ring (bicyclic) bond motifs is 1. The summed E-state index contributed by atoms with van der Waals surface area (Å²) in [5.41, 5.74) is 17.5. The van der Waals surface area contributed by atoms with E-state index in [4.69, 9.17) is 27.4 Å². The van der Waals surface area contributed by atoms with Crippen LogP contribution in [0.4, 0.5) is 11.6 Å². The number of aliphatic carboxylic acids is 2. The molecule has 1 atom stereocenters. The Morgan fingerprint density at radius 1 is 1.05 bits per heavy atom. The summed E-state index contributed by atoms with van der Waals surface area (Å²) in [5.74, 6) is -3.16. The van der Waals surface area contributed by atoms with Gasteiger partial charge < -0.3 is 38.0 Å². The van der Waals surface area contributed by atoms with E-state index in [2.05, 4.69) is 30.6 Å². The first kappa shape index (κ1) is 33.3. The first-order valence-corrected chi connectivity index (χ1v) is 12.6. The molecular formula is C25H33N9O6Pt. The summed E-state index contributed by atoms with van der Waals surface area (Å²) in [4.78, 5) is 60.6.